The van der Waals surface area contributed by atoms with Gasteiger partial charge in [0.05, 0.1) is 27.9 Å². The van der Waals surface area contributed by atoms with E-state index < -0.39 is 17.8 Å². The molecule has 0 saturated heterocycles. The van der Waals surface area contributed by atoms with Crippen molar-refractivity contribution >= 4 is 34.8 Å². The third-order valence-electron chi connectivity index (χ3n) is 5.80. The number of benzene rings is 2. The summed E-state index contributed by atoms with van der Waals surface area (Å²) in [7, 11) is 0. The monoisotopic (exact) mass is 484 g/mol. The van der Waals surface area contributed by atoms with Crippen molar-refractivity contribution in [2.45, 2.75) is 44.5 Å². The number of oxime groups is 1. The number of halogens is 5. The molecule has 4 rings (SSSR count). The lowest BCUT2D eigenvalue weighted by Gasteiger charge is -2.32. The van der Waals surface area contributed by atoms with Crippen LogP contribution in [0.3, 0.4) is 0 Å². The van der Waals surface area contributed by atoms with Crippen LogP contribution in [-0.4, -0.2) is 29.2 Å². The van der Waals surface area contributed by atoms with Crippen molar-refractivity contribution in [2.24, 2.45) is 11.1 Å². The molecule has 4 nitrogen and oxygen atoms in total. The Bertz CT molecular complexity index is 1040. The number of amides is 1. The molecule has 2 aliphatic rings. The second-order valence-corrected chi connectivity index (χ2v) is 8.96. The Balaban J connectivity index is 1.47. The van der Waals surface area contributed by atoms with Crippen molar-refractivity contribution < 1.29 is 22.8 Å². The van der Waals surface area contributed by atoms with E-state index in [-0.39, 0.29) is 24.9 Å². The Kier molecular flexibility index (Phi) is 6.67. The summed E-state index contributed by atoms with van der Waals surface area (Å²) in [5, 5.41) is 4.97. The largest absolute Gasteiger partial charge is 0.416 e. The van der Waals surface area contributed by atoms with E-state index in [9.17, 15) is 18.0 Å². The summed E-state index contributed by atoms with van der Waals surface area (Å²) in [6.45, 7) is 0.321. The fourth-order valence-corrected chi connectivity index (χ4v) is 4.13. The van der Waals surface area contributed by atoms with Crippen LogP contribution >= 0.6 is 23.2 Å². The molecular formula is C23H21Cl2F3N2O2. The van der Waals surface area contributed by atoms with Crippen molar-refractivity contribution in [2.75, 3.05) is 6.54 Å². The van der Waals surface area contributed by atoms with Gasteiger partial charge in [-0.25, -0.2) is 0 Å². The minimum atomic E-state index is -4.43. The Morgan fingerprint density at radius 3 is 2.56 bits per heavy atom. The number of rotatable bonds is 6. The van der Waals surface area contributed by atoms with Crippen LogP contribution < -0.4 is 0 Å². The normalized spacial score (nSPS) is 18.7. The molecule has 32 heavy (non-hydrogen) atoms. The van der Waals surface area contributed by atoms with Gasteiger partial charge in [0.2, 0.25) is 5.91 Å². The van der Waals surface area contributed by atoms with Gasteiger partial charge in [-0.15, -0.1) is 0 Å². The third-order valence-corrected chi connectivity index (χ3v) is 6.54. The van der Waals surface area contributed by atoms with E-state index in [4.69, 9.17) is 28.0 Å². The molecule has 1 aliphatic heterocycles. The molecule has 1 atom stereocenters. The van der Waals surface area contributed by atoms with Gasteiger partial charge in [-0.3, -0.25) is 4.79 Å². The molecule has 1 aliphatic carbocycles. The van der Waals surface area contributed by atoms with Crippen molar-refractivity contribution in [3.8, 4) is 0 Å². The first-order valence-electron chi connectivity index (χ1n) is 10.3. The van der Waals surface area contributed by atoms with E-state index >= 15 is 0 Å². The van der Waals surface area contributed by atoms with Gasteiger partial charge in [0.1, 0.15) is 0 Å². The van der Waals surface area contributed by atoms with Crippen molar-refractivity contribution in [1.29, 1.82) is 0 Å². The van der Waals surface area contributed by atoms with Gasteiger partial charge in [0.15, 0.2) is 6.10 Å². The predicted octanol–water partition coefficient (Wildman–Crippen LogP) is 6.33. The van der Waals surface area contributed by atoms with Gasteiger partial charge in [0.25, 0.3) is 0 Å². The zero-order chi connectivity index (χ0) is 22.9. The molecule has 1 fully saturated rings. The fourth-order valence-electron chi connectivity index (χ4n) is 3.83. The van der Waals surface area contributed by atoms with Crippen LogP contribution in [0.5, 0.6) is 0 Å². The summed E-state index contributed by atoms with van der Waals surface area (Å²) in [6.07, 6.45) is -1.79. The highest BCUT2D eigenvalue weighted by atomic mass is 35.5. The molecule has 1 unspecified atom stereocenters. The molecule has 1 heterocycles. The first kappa shape index (κ1) is 22.9. The Morgan fingerprint density at radius 1 is 1.12 bits per heavy atom. The number of nitrogens with zero attached hydrogens (tertiary/aromatic N) is 2. The molecule has 2 aromatic carbocycles. The standard InChI is InChI=1S/C23H21Cl2F3N2O2/c24-19-8-7-16(10-20(19)25)21-11-18(32-29-21)13-30(22(31)15-4-2-5-15)12-14-3-1-6-17(9-14)23(26,27)28/h1,3,6-10,15,18H,2,4-5,11-13H2. The summed E-state index contributed by atoms with van der Waals surface area (Å²) in [5.41, 5.74) is 1.16. The second-order valence-electron chi connectivity index (χ2n) is 8.14. The van der Waals surface area contributed by atoms with E-state index in [1.54, 1.807) is 29.2 Å². The summed E-state index contributed by atoms with van der Waals surface area (Å²) < 4.78 is 39.3. The van der Waals surface area contributed by atoms with Gasteiger partial charge < -0.3 is 9.74 Å². The predicted molar refractivity (Wildman–Crippen MR) is 117 cm³/mol. The molecule has 0 radical (unpaired) electrons. The van der Waals surface area contributed by atoms with Crippen LogP contribution in [0, 0.1) is 5.92 Å². The lowest BCUT2D eigenvalue weighted by molar-refractivity contribution is -0.140. The van der Waals surface area contributed by atoms with Crippen LogP contribution in [0.15, 0.2) is 47.6 Å². The smallest absolute Gasteiger partial charge is 0.390 e. The van der Waals surface area contributed by atoms with Crippen LogP contribution in [0.1, 0.15) is 42.4 Å². The van der Waals surface area contributed by atoms with Crippen LogP contribution in [0.25, 0.3) is 0 Å². The molecule has 1 saturated carbocycles. The van der Waals surface area contributed by atoms with E-state index in [0.29, 0.717) is 27.7 Å². The molecule has 0 aromatic heterocycles. The van der Waals surface area contributed by atoms with Gasteiger partial charge in [0, 0.05) is 24.4 Å². The van der Waals surface area contributed by atoms with E-state index in [1.807, 2.05) is 0 Å². The summed E-state index contributed by atoms with van der Waals surface area (Å²) >= 11 is 12.1. The van der Waals surface area contributed by atoms with Gasteiger partial charge in [-0.2, -0.15) is 13.2 Å². The molecule has 0 N–H and O–H groups in total. The van der Waals surface area contributed by atoms with E-state index in [1.165, 1.54) is 6.07 Å². The molecule has 9 heteroatoms. The minimum Gasteiger partial charge on any atom is -0.390 e. The Morgan fingerprint density at radius 2 is 1.91 bits per heavy atom. The molecule has 2 aromatic rings. The highest BCUT2D eigenvalue weighted by Gasteiger charge is 2.34. The molecule has 0 spiro atoms. The lowest BCUT2D eigenvalue weighted by atomic mass is 9.84. The average Bonchev–Trinajstić information content (AvgIpc) is 3.16. The second kappa shape index (κ2) is 9.32. The SMILES string of the molecule is O=C(C1CCC1)N(Cc1cccc(C(F)(F)F)c1)CC1CC(c2ccc(Cl)c(Cl)c2)=NO1. The Labute approximate surface area is 193 Å². The average molecular weight is 485 g/mol. The van der Waals surface area contributed by atoms with Gasteiger partial charge in [-0.1, -0.05) is 53.0 Å². The van der Waals surface area contributed by atoms with Crippen LogP contribution in [0.2, 0.25) is 10.0 Å². The lowest BCUT2D eigenvalue weighted by Crippen LogP contribution is -2.42. The summed E-state index contributed by atoms with van der Waals surface area (Å²) in [5.74, 6) is -0.141. The molecular weight excluding hydrogens is 464 g/mol. The quantitative estimate of drug-likeness (QED) is 0.480. The van der Waals surface area contributed by atoms with Crippen molar-refractivity contribution in [3.05, 3.63) is 69.2 Å². The highest BCUT2D eigenvalue weighted by molar-refractivity contribution is 6.42. The zero-order valence-electron chi connectivity index (χ0n) is 17.0. The van der Waals surface area contributed by atoms with Crippen LogP contribution in [-0.2, 0) is 22.4 Å². The first-order chi connectivity index (χ1) is 15.2. The summed E-state index contributed by atoms with van der Waals surface area (Å²) in [4.78, 5) is 20.2. The summed E-state index contributed by atoms with van der Waals surface area (Å²) in [6, 6.07) is 10.3. The topological polar surface area (TPSA) is 41.9 Å². The maximum Gasteiger partial charge on any atom is 0.416 e. The number of carbonyl (C=O) groups excluding carboxylic acids is 1. The molecule has 0 bridgehead atoms. The molecule has 170 valence electrons. The Hall–Kier alpha value is -2.25. The van der Waals surface area contributed by atoms with Crippen LogP contribution in [0.4, 0.5) is 13.2 Å². The number of hydrogen-bond donors (Lipinski definition) is 0. The number of alkyl halides is 3. The minimum absolute atomic E-state index is 0.0553. The third kappa shape index (κ3) is 5.21. The van der Waals surface area contributed by atoms with Gasteiger partial charge in [-0.05, 0) is 42.7 Å². The highest BCUT2D eigenvalue weighted by Crippen LogP contribution is 2.32. The van der Waals surface area contributed by atoms with E-state index in [2.05, 4.69) is 5.16 Å². The molecule has 1 amide bonds. The van der Waals surface area contributed by atoms with E-state index in [0.717, 1.165) is 37.0 Å². The van der Waals surface area contributed by atoms with Crippen molar-refractivity contribution in [3.63, 3.8) is 0 Å². The maximum atomic E-state index is 13.1. The zero-order valence-corrected chi connectivity index (χ0v) is 18.6. The number of hydrogen-bond acceptors (Lipinski definition) is 3. The first-order valence-corrected chi connectivity index (χ1v) is 11.1. The maximum absolute atomic E-state index is 13.1. The van der Waals surface area contributed by atoms with Gasteiger partial charge >= 0.3 is 6.18 Å². The number of carbonyl (C=O) groups is 1. The van der Waals surface area contributed by atoms with Crippen molar-refractivity contribution in [1.82, 2.24) is 4.90 Å². The fraction of sp³-hybridized carbons (Fsp3) is 0.391.